The van der Waals surface area contributed by atoms with E-state index < -0.39 is 0 Å². The second kappa shape index (κ2) is 6.49. The van der Waals surface area contributed by atoms with Crippen molar-refractivity contribution >= 4 is 27.7 Å². The maximum atomic E-state index is 12.1. The van der Waals surface area contributed by atoms with Gasteiger partial charge in [-0.1, -0.05) is 6.92 Å². The summed E-state index contributed by atoms with van der Waals surface area (Å²) in [6, 6.07) is 3.50. The van der Waals surface area contributed by atoms with Gasteiger partial charge >= 0.3 is 0 Å². The van der Waals surface area contributed by atoms with Crippen molar-refractivity contribution < 1.29 is 9.59 Å². The zero-order valence-corrected chi connectivity index (χ0v) is 12.2. The van der Waals surface area contributed by atoms with Gasteiger partial charge in [-0.05, 0) is 28.1 Å². The number of carbonyl (C=O) groups is 2. The summed E-state index contributed by atoms with van der Waals surface area (Å²) in [5.41, 5.74) is 0.351. The maximum Gasteiger partial charge on any atom is 0.273 e. The zero-order valence-electron chi connectivity index (χ0n) is 10.6. The highest BCUT2D eigenvalue weighted by Crippen LogP contribution is 2.15. The molecule has 2 amide bonds. The molecule has 0 saturated carbocycles. The molecular weight excluding hydrogens is 298 g/mol. The van der Waals surface area contributed by atoms with E-state index in [1.165, 1.54) is 4.90 Å². The van der Waals surface area contributed by atoms with Gasteiger partial charge in [0.15, 0.2) is 0 Å². The van der Waals surface area contributed by atoms with Gasteiger partial charge in [0.1, 0.15) is 5.69 Å². The van der Waals surface area contributed by atoms with Gasteiger partial charge in [0.2, 0.25) is 5.91 Å². The van der Waals surface area contributed by atoms with Crippen LogP contribution >= 0.6 is 15.9 Å². The van der Waals surface area contributed by atoms with Gasteiger partial charge in [-0.2, -0.15) is 0 Å². The average molecular weight is 314 g/mol. The SMILES string of the molecule is CNC(=O)C(C)CN(C)C(=O)c1ncccc1Br. The van der Waals surface area contributed by atoms with Gasteiger partial charge in [0.05, 0.1) is 5.92 Å². The number of hydrogen-bond donors (Lipinski definition) is 1. The molecule has 1 atom stereocenters. The summed E-state index contributed by atoms with van der Waals surface area (Å²) in [4.78, 5) is 29.0. The molecule has 0 aromatic carbocycles. The lowest BCUT2D eigenvalue weighted by Gasteiger charge is -2.20. The summed E-state index contributed by atoms with van der Waals surface area (Å²) in [6.45, 7) is 2.12. The summed E-state index contributed by atoms with van der Waals surface area (Å²) >= 11 is 3.28. The van der Waals surface area contributed by atoms with E-state index >= 15 is 0 Å². The van der Waals surface area contributed by atoms with Gasteiger partial charge in [-0.25, -0.2) is 4.98 Å². The van der Waals surface area contributed by atoms with E-state index in [0.717, 1.165) is 0 Å². The summed E-state index contributed by atoms with van der Waals surface area (Å²) in [6.07, 6.45) is 1.56. The standard InChI is InChI=1S/C12H16BrN3O2/c1-8(11(17)14-2)7-16(3)12(18)10-9(13)5-4-6-15-10/h4-6,8H,7H2,1-3H3,(H,14,17). The lowest BCUT2D eigenvalue weighted by molar-refractivity contribution is -0.124. The molecule has 5 nitrogen and oxygen atoms in total. The predicted octanol–water partition coefficient (Wildman–Crippen LogP) is 1.30. The average Bonchev–Trinajstić information content (AvgIpc) is 2.37. The molecule has 0 aliphatic carbocycles. The fraction of sp³-hybridized carbons (Fsp3) is 0.417. The number of hydrogen-bond acceptors (Lipinski definition) is 3. The number of nitrogens with one attached hydrogen (secondary N) is 1. The molecule has 0 aliphatic heterocycles. The molecule has 0 bridgehead atoms. The molecule has 0 saturated heterocycles. The van der Waals surface area contributed by atoms with Crippen LogP contribution in [0.3, 0.4) is 0 Å². The highest BCUT2D eigenvalue weighted by atomic mass is 79.9. The molecule has 1 unspecified atom stereocenters. The first-order valence-corrected chi connectivity index (χ1v) is 6.34. The molecule has 18 heavy (non-hydrogen) atoms. The Bertz CT molecular complexity index is 451. The maximum absolute atomic E-state index is 12.1. The zero-order chi connectivity index (χ0) is 13.7. The number of carbonyl (C=O) groups excluding carboxylic acids is 2. The molecule has 1 heterocycles. The van der Waals surface area contributed by atoms with E-state index in [9.17, 15) is 9.59 Å². The lowest BCUT2D eigenvalue weighted by Crippen LogP contribution is -2.37. The highest BCUT2D eigenvalue weighted by molar-refractivity contribution is 9.10. The molecule has 1 aromatic rings. The van der Waals surface area contributed by atoms with E-state index in [0.29, 0.717) is 16.7 Å². The minimum atomic E-state index is -0.258. The van der Waals surface area contributed by atoms with E-state index in [1.54, 1.807) is 39.3 Å². The van der Waals surface area contributed by atoms with Crippen LogP contribution in [-0.2, 0) is 4.79 Å². The molecular formula is C12H16BrN3O2. The highest BCUT2D eigenvalue weighted by Gasteiger charge is 2.20. The normalized spacial score (nSPS) is 11.8. The molecule has 1 N–H and O–H groups in total. The third-order valence-corrected chi connectivity index (χ3v) is 3.19. The quantitative estimate of drug-likeness (QED) is 0.911. The smallest absolute Gasteiger partial charge is 0.273 e. The van der Waals surface area contributed by atoms with Gasteiger partial charge in [-0.3, -0.25) is 9.59 Å². The van der Waals surface area contributed by atoms with Crippen molar-refractivity contribution in [1.29, 1.82) is 0 Å². The Morgan fingerprint density at radius 1 is 1.56 bits per heavy atom. The second-order valence-corrected chi connectivity index (χ2v) is 4.89. The summed E-state index contributed by atoms with van der Waals surface area (Å²) in [5, 5.41) is 2.56. The summed E-state index contributed by atoms with van der Waals surface area (Å²) in [7, 11) is 3.24. The monoisotopic (exact) mass is 313 g/mol. The lowest BCUT2D eigenvalue weighted by atomic mass is 10.1. The van der Waals surface area contributed by atoms with E-state index in [1.807, 2.05) is 0 Å². The number of halogens is 1. The van der Waals surface area contributed by atoms with Gasteiger partial charge in [-0.15, -0.1) is 0 Å². The van der Waals surface area contributed by atoms with Gasteiger partial charge in [0.25, 0.3) is 5.91 Å². The Morgan fingerprint density at radius 3 is 2.78 bits per heavy atom. The van der Waals surface area contributed by atoms with Crippen LogP contribution in [-0.4, -0.2) is 42.3 Å². The summed E-state index contributed by atoms with van der Waals surface area (Å²) < 4.78 is 0.648. The first-order chi connectivity index (χ1) is 8.47. The number of amides is 2. The van der Waals surface area contributed by atoms with Crippen LogP contribution in [0, 0.1) is 5.92 Å². The van der Waals surface area contributed by atoms with Crippen molar-refractivity contribution in [3.8, 4) is 0 Å². The van der Waals surface area contributed by atoms with Crippen LogP contribution in [0.5, 0.6) is 0 Å². The van der Waals surface area contributed by atoms with Crippen LogP contribution in [0.1, 0.15) is 17.4 Å². The molecule has 1 aromatic heterocycles. The number of aromatic nitrogens is 1. The van der Waals surface area contributed by atoms with Crippen molar-refractivity contribution in [2.45, 2.75) is 6.92 Å². The Kier molecular flexibility index (Phi) is 5.27. The Labute approximate surface area is 115 Å². The van der Waals surface area contributed by atoms with Crippen LogP contribution < -0.4 is 5.32 Å². The van der Waals surface area contributed by atoms with Crippen LogP contribution in [0.15, 0.2) is 22.8 Å². The van der Waals surface area contributed by atoms with Crippen molar-refractivity contribution in [3.05, 3.63) is 28.5 Å². The van der Waals surface area contributed by atoms with Gasteiger partial charge < -0.3 is 10.2 Å². The molecule has 0 fully saturated rings. The first-order valence-electron chi connectivity index (χ1n) is 5.55. The topological polar surface area (TPSA) is 62.3 Å². The van der Waals surface area contributed by atoms with E-state index in [-0.39, 0.29) is 17.7 Å². The fourth-order valence-corrected chi connectivity index (χ4v) is 1.97. The largest absolute Gasteiger partial charge is 0.359 e. The minimum absolute atomic E-state index is 0.0882. The number of rotatable bonds is 4. The van der Waals surface area contributed by atoms with Gasteiger partial charge in [0, 0.05) is 31.3 Å². The van der Waals surface area contributed by atoms with E-state index in [4.69, 9.17) is 0 Å². The number of pyridine rings is 1. The second-order valence-electron chi connectivity index (χ2n) is 4.03. The third kappa shape index (κ3) is 3.53. The molecule has 0 radical (unpaired) electrons. The molecule has 0 spiro atoms. The van der Waals surface area contributed by atoms with Crippen molar-refractivity contribution in [3.63, 3.8) is 0 Å². The molecule has 98 valence electrons. The molecule has 1 rings (SSSR count). The Balaban J connectivity index is 2.74. The van der Waals surface area contributed by atoms with Crippen molar-refractivity contribution in [1.82, 2.24) is 15.2 Å². The van der Waals surface area contributed by atoms with E-state index in [2.05, 4.69) is 26.2 Å². The van der Waals surface area contributed by atoms with Crippen LogP contribution in [0.25, 0.3) is 0 Å². The van der Waals surface area contributed by atoms with Crippen LogP contribution in [0.4, 0.5) is 0 Å². The fourth-order valence-electron chi connectivity index (χ4n) is 1.55. The Morgan fingerprint density at radius 2 is 2.22 bits per heavy atom. The molecule has 6 heteroatoms. The Hall–Kier alpha value is -1.43. The molecule has 0 aliphatic rings. The van der Waals surface area contributed by atoms with Crippen molar-refractivity contribution in [2.24, 2.45) is 5.92 Å². The number of nitrogens with zero attached hydrogens (tertiary/aromatic N) is 2. The first kappa shape index (κ1) is 14.6. The predicted molar refractivity (Wildman–Crippen MR) is 72.1 cm³/mol. The summed E-state index contributed by atoms with van der Waals surface area (Å²) in [5.74, 6) is -0.556. The minimum Gasteiger partial charge on any atom is -0.359 e. The van der Waals surface area contributed by atoms with Crippen molar-refractivity contribution in [2.75, 3.05) is 20.6 Å². The third-order valence-electron chi connectivity index (χ3n) is 2.55. The van der Waals surface area contributed by atoms with Crippen LogP contribution in [0.2, 0.25) is 0 Å².